The summed E-state index contributed by atoms with van der Waals surface area (Å²) in [5.74, 6) is 1.13. The highest BCUT2D eigenvalue weighted by Gasteiger charge is 2.20. The van der Waals surface area contributed by atoms with Crippen LogP contribution >= 0.6 is 0 Å². The van der Waals surface area contributed by atoms with Crippen LogP contribution < -0.4 is 10.6 Å². The van der Waals surface area contributed by atoms with E-state index in [9.17, 15) is 0 Å². The lowest BCUT2D eigenvalue weighted by molar-refractivity contribution is 0.250. The zero-order valence-electron chi connectivity index (χ0n) is 23.5. The van der Waals surface area contributed by atoms with Crippen LogP contribution in [0.1, 0.15) is 11.3 Å². The number of hydrogen-bond donors (Lipinski definition) is 1. The number of nitrogens with zero attached hydrogens (tertiary/aromatic N) is 8. The van der Waals surface area contributed by atoms with Gasteiger partial charge in [-0.05, 0) is 54.1 Å². The quantitative estimate of drug-likeness (QED) is 0.290. The zero-order chi connectivity index (χ0) is 29.2. The maximum atomic E-state index is 9.01. The van der Waals surface area contributed by atoms with Gasteiger partial charge in [-0.3, -0.25) is 9.47 Å². The Labute approximate surface area is 249 Å². The number of nitrogen functional groups attached to an aromatic ring is 1. The van der Waals surface area contributed by atoms with Gasteiger partial charge in [0.1, 0.15) is 23.1 Å². The summed E-state index contributed by atoms with van der Waals surface area (Å²) in [7, 11) is 0. The smallest absolute Gasteiger partial charge is 0.165 e. The number of fused-ring (bicyclic) bond motifs is 1. The molecule has 9 heteroatoms. The Kier molecular flexibility index (Phi) is 6.95. The van der Waals surface area contributed by atoms with Crippen molar-refractivity contribution in [1.29, 1.82) is 5.26 Å². The summed E-state index contributed by atoms with van der Waals surface area (Å²) >= 11 is 0. The zero-order valence-corrected chi connectivity index (χ0v) is 23.5. The Hall–Kier alpha value is -5.59. The standard InChI is InChI=1S/C34H29N9/c35-21-26-10-13-28(22-38-26)42-19-17-41(18-20-42)23-24-8-11-27(12-9-24)43-33(29-7-4-16-37-32(29)36)40-31-15-14-30(39-34(31)43)25-5-2-1-3-6-25/h1-16,22H,17-20,23H2,(H2,36,37). The highest BCUT2D eigenvalue weighted by atomic mass is 15.3. The molecule has 0 amide bonds. The van der Waals surface area contributed by atoms with Crippen LogP contribution in [0.4, 0.5) is 11.5 Å². The second-order valence-corrected chi connectivity index (χ2v) is 10.6. The Morgan fingerprint density at radius 3 is 2.28 bits per heavy atom. The molecule has 0 atom stereocenters. The first kappa shape index (κ1) is 26.3. The first-order valence-corrected chi connectivity index (χ1v) is 14.2. The molecule has 1 saturated heterocycles. The number of aromatic nitrogens is 5. The molecule has 5 heterocycles. The van der Waals surface area contributed by atoms with E-state index in [0.29, 0.717) is 17.3 Å². The molecule has 2 aromatic carbocycles. The molecule has 0 unspecified atom stereocenters. The van der Waals surface area contributed by atoms with Gasteiger partial charge in [0.05, 0.1) is 23.1 Å². The predicted molar refractivity (Wildman–Crippen MR) is 168 cm³/mol. The number of nitrogens with two attached hydrogens (primary N) is 1. The molecule has 1 aliphatic rings. The monoisotopic (exact) mass is 563 g/mol. The number of anilines is 2. The number of imidazole rings is 1. The highest BCUT2D eigenvalue weighted by molar-refractivity contribution is 5.84. The average molecular weight is 564 g/mol. The van der Waals surface area contributed by atoms with Gasteiger partial charge in [-0.1, -0.05) is 42.5 Å². The molecule has 0 bridgehead atoms. The maximum Gasteiger partial charge on any atom is 0.165 e. The predicted octanol–water partition coefficient (Wildman–Crippen LogP) is 5.32. The van der Waals surface area contributed by atoms with E-state index in [-0.39, 0.29) is 0 Å². The summed E-state index contributed by atoms with van der Waals surface area (Å²) in [5.41, 5.74) is 14.3. The van der Waals surface area contributed by atoms with Gasteiger partial charge in [0.2, 0.25) is 0 Å². The van der Waals surface area contributed by atoms with Crippen LogP contribution in [-0.4, -0.2) is 55.6 Å². The first-order valence-electron chi connectivity index (χ1n) is 14.2. The number of benzene rings is 2. The Balaban J connectivity index is 1.16. The number of nitriles is 1. The van der Waals surface area contributed by atoms with E-state index in [0.717, 1.165) is 72.1 Å². The first-order chi connectivity index (χ1) is 21.2. The fourth-order valence-corrected chi connectivity index (χ4v) is 5.57. The van der Waals surface area contributed by atoms with Crippen molar-refractivity contribution >= 4 is 22.7 Å². The molecule has 4 aromatic heterocycles. The average Bonchev–Trinajstić information content (AvgIpc) is 3.45. The summed E-state index contributed by atoms with van der Waals surface area (Å²) in [4.78, 5) is 23.3. The van der Waals surface area contributed by atoms with Gasteiger partial charge in [-0.2, -0.15) is 5.26 Å². The minimum atomic E-state index is 0.426. The van der Waals surface area contributed by atoms with Crippen molar-refractivity contribution in [3.63, 3.8) is 0 Å². The van der Waals surface area contributed by atoms with E-state index >= 15 is 0 Å². The van der Waals surface area contributed by atoms with E-state index in [4.69, 9.17) is 21.0 Å². The van der Waals surface area contributed by atoms with Gasteiger partial charge in [-0.15, -0.1) is 0 Å². The van der Waals surface area contributed by atoms with Gasteiger partial charge in [-0.25, -0.2) is 19.9 Å². The third-order valence-corrected chi connectivity index (χ3v) is 7.85. The van der Waals surface area contributed by atoms with Crippen LogP contribution in [-0.2, 0) is 6.54 Å². The molecule has 0 radical (unpaired) electrons. The van der Waals surface area contributed by atoms with Crippen molar-refractivity contribution in [2.45, 2.75) is 6.54 Å². The molecular formula is C34H29N9. The Morgan fingerprint density at radius 2 is 1.56 bits per heavy atom. The number of rotatable bonds is 6. The Morgan fingerprint density at radius 1 is 0.767 bits per heavy atom. The van der Waals surface area contributed by atoms with Crippen molar-refractivity contribution in [2.75, 3.05) is 36.8 Å². The van der Waals surface area contributed by atoms with E-state index in [1.165, 1.54) is 5.56 Å². The second-order valence-electron chi connectivity index (χ2n) is 10.6. The van der Waals surface area contributed by atoms with Gasteiger partial charge >= 0.3 is 0 Å². The number of piperazine rings is 1. The minimum absolute atomic E-state index is 0.426. The summed E-state index contributed by atoms with van der Waals surface area (Å²) in [6, 6.07) is 32.4. The van der Waals surface area contributed by atoms with Crippen molar-refractivity contribution in [3.8, 4) is 34.4 Å². The third kappa shape index (κ3) is 5.27. The van der Waals surface area contributed by atoms with E-state index in [1.807, 2.05) is 48.5 Å². The molecule has 2 N–H and O–H groups in total. The molecule has 0 spiro atoms. The number of pyridine rings is 3. The lowest BCUT2D eigenvalue weighted by Gasteiger charge is -2.36. The normalized spacial score (nSPS) is 13.7. The van der Waals surface area contributed by atoms with Crippen molar-refractivity contribution in [2.24, 2.45) is 0 Å². The van der Waals surface area contributed by atoms with Crippen molar-refractivity contribution in [3.05, 3.63) is 115 Å². The number of hydrogen-bond acceptors (Lipinski definition) is 8. The summed E-state index contributed by atoms with van der Waals surface area (Å²) < 4.78 is 2.07. The third-order valence-electron chi connectivity index (χ3n) is 7.85. The molecule has 1 aliphatic heterocycles. The molecular weight excluding hydrogens is 534 g/mol. The van der Waals surface area contributed by atoms with Crippen LogP contribution in [0.25, 0.3) is 39.5 Å². The van der Waals surface area contributed by atoms with Crippen molar-refractivity contribution < 1.29 is 0 Å². The summed E-state index contributed by atoms with van der Waals surface area (Å²) in [5, 5.41) is 9.01. The Bertz CT molecular complexity index is 1920. The van der Waals surface area contributed by atoms with Crippen LogP contribution in [0, 0.1) is 11.3 Å². The second kappa shape index (κ2) is 11.4. The molecule has 0 aliphatic carbocycles. The molecule has 7 rings (SSSR count). The van der Waals surface area contributed by atoms with Gasteiger partial charge in [0.25, 0.3) is 0 Å². The van der Waals surface area contributed by atoms with Crippen LogP contribution in [0.5, 0.6) is 0 Å². The molecule has 1 fully saturated rings. The lowest BCUT2D eigenvalue weighted by atomic mass is 10.1. The van der Waals surface area contributed by atoms with Crippen LogP contribution in [0.15, 0.2) is 103 Å². The summed E-state index contributed by atoms with van der Waals surface area (Å²) in [6.45, 7) is 4.59. The highest BCUT2D eigenvalue weighted by Crippen LogP contribution is 2.32. The van der Waals surface area contributed by atoms with E-state index < -0.39 is 0 Å². The van der Waals surface area contributed by atoms with Crippen LogP contribution in [0.3, 0.4) is 0 Å². The topological polar surface area (TPSA) is 113 Å². The van der Waals surface area contributed by atoms with Gasteiger partial charge in [0.15, 0.2) is 11.5 Å². The minimum Gasteiger partial charge on any atom is -0.383 e. The summed E-state index contributed by atoms with van der Waals surface area (Å²) in [6.07, 6.45) is 3.48. The SMILES string of the molecule is N#Cc1ccc(N2CCN(Cc3ccc(-n4c(-c5cccnc5N)nc5ccc(-c6ccccc6)nc54)cc3)CC2)cn1. The maximum absolute atomic E-state index is 9.01. The largest absolute Gasteiger partial charge is 0.383 e. The van der Waals surface area contributed by atoms with E-state index in [2.05, 4.69) is 66.8 Å². The molecule has 0 saturated carbocycles. The molecule has 43 heavy (non-hydrogen) atoms. The molecule has 6 aromatic rings. The molecule has 210 valence electrons. The fraction of sp³-hybridized carbons (Fsp3) is 0.147. The fourth-order valence-electron chi connectivity index (χ4n) is 5.57. The van der Waals surface area contributed by atoms with Crippen LogP contribution in [0.2, 0.25) is 0 Å². The van der Waals surface area contributed by atoms with Gasteiger partial charge in [0, 0.05) is 50.2 Å². The van der Waals surface area contributed by atoms with Crippen molar-refractivity contribution in [1.82, 2.24) is 29.4 Å². The lowest BCUT2D eigenvalue weighted by Crippen LogP contribution is -2.46. The molecule has 9 nitrogen and oxygen atoms in total. The van der Waals surface area contributed by atoms with E-state index in [1.54, 1.807) is 18.5 Å². The van der Waals surface area contributed by atoms with Gasteiger partial charge < -0.3 is 10.6 Å².